The topological polar surface area (TPSA) is 15.3 Å². The van der Waals surface area contributed by atoms with Gasteiger partial charge in [0.25, 0.3) is 0 Å². The van der Waals surface area contributed by atoms with Gasteiger partial charge < -0.3 is 5.32 Å². The van der Waals surface area contributed by atoms with Crippen LogP contribution in [0.5, 0.6) is 0 Å². The quantitative estimate of drug-likeness (QED) is 0.463. The molecule has 0 radical (unpaired) electrons. The molecule has 4 heteroatoms. The van der Waals surface area contributed by atoms with Gasteiger partial charge in [0.1, 0.15) is 0 Å². The number of piperidine rings is 3. The van der Waals surface area contributed by atoms with Crippen molar-refractivity contribution in [2.24, 2.45) is 5.92 Å². The molecule has 0 spiro atoms. The summed E-state index contributed by atoms with van der Waals surface area (Å²) in [5, 5.41) is 5.11. The number of halogens is 2. The fraction of sp³-hybridized carbons (Fsp3) is 0.333. The molecule has 6 rings (SSSR count). The minimum absolute atomic E-state index is 0.553. The first-order chi connectivity index (χ1) is 15.2. The smallest absolute Gasteiger partial charge is 0.0598 e. The van der Waals surface area contributed by atoms with Crippen molar-refractivity contribution in [3.63, 3.8) is 0 Å². The van der Waals surface area contributed by atoms with Gasteiger partial charge in [0.2, 0.25) is 0 Å². The second-order valence-corrected chi connectivity index (χ2v) is 9.68. The number of benzene rings is 3. The van der Waals surface area contributed by atoms with Crippen LogP contribution in [0.1, 0.15) is 24.0 Å². The van der Waals surface area contributed by atoms with Gasteiger partial charge >= 0.3 is 0 Å². The maximum absolute atomic E-state index is 6.21. The van der Waals surface area contributed by atoms with Crippen molar-refractivity contribution >= 4 is 23.2 Å². The van der Waals surface area contributed by atoms with Crippen LogP contribution in [-0.4, -0.2) is 30.1 Å². The summed E-state index contributed by atoms with van der Waals surface area (Å²) in [7, 11) is 0. The number of hydrogen-bond acceptors (Lipinski definition) is 2. The molecule has 2 bridgehead atoms. The highest BCUT2D eigenvalue weighted by Gasteiger charge is 2.41. The van der Waals surface area contributed by atoms with Gasteiger partial charge in [-0.25, -0.2) is 0 Å². The second-order valence-electron chi connectivity index (χ2n) is 8.86. The fourth-order valence-electron chi connectivity index (χ4n) is 5.29. The lowest BCUT2D eigenvalue weighted by Gasteiger charge is -2.51. The van der Waals surface area contributed by atoms with Crippen LogP contribution in [0.25, 0.3) is 11.1 Å². The molecule has 3 aromatic carbocycles. The molecule has 160 valence electrons. The summed E-state index contributed by atoms with van der Waals surface area (Å²) < 4.78 is 0. The molecule has 2 unspecified atom stereocenters. The Hall–Kier alpha value is -1.84. The Morgan fingerprint density at radius 1 is 0.774 bits per heavy atom. The van der Waals surface area contributed by atoms with E-state index >= 15 is 0 Å². The number of hydrogen-bond donors (Lipinski definition) is 1. The van der Waals surface area contributed by atoms with Crippen molar-refractivity contribution in [2.45, 2.75) is 37.9 Å². The lowest BCUT2D eigenvalue weighted by Crippen LogP contribution is -2.63. The summed E-state index contributed by atoms with van der Waals surface area (Å²) >= 11 is 12.3. The molecule has 3 fully saturated rings. The monoisotopic (exact) mass is 450 g/mol. The van der Waals surface area contributed by atoms with Gasteiger partial charge in [-0.15, -0.1) is 0 Å². The van der Waals surface area contributed by atoms with Crippen LogP contribution in [0.2, 0.25) is 10.0 Å². The normalized spacial score (nSPS) is 25.0. The Morgan fingerprint density at radius 3 is 2.19 bits per heavy atom. The van der Waals surface area contributed by atoms with Crippen LogP contribution in [-0.2, 0) is 13.0 Å². The van der Waals surface area contributed by atoms with Gasteiger partial charge in [-0.1, -0.05) is 83.9 Å². The van der Waals surface area contributed by atoms with E-state index in [1.807, 2.05) is 18.2 Å². The van der Waals surface area contributed by atoms with Crippen molar-refractivity contribution in [2.75, 3.05) is 13.1 Å². The van der Waals surface area contributed by atoms with Crippen molar-refractivity contribution in [1.29, 1.82) is 0 Å². The maximum Gasteiger partial charge on any atom is 0.0598 e. The zero-order chi connectivity index (χ0) is 21.2. The van der Waals surface area contributed by atoms with E-state index in [-0.39, 0.29) is 0 Å². The highest BCUT2D eigenvalue weighted by Crippen LogP contribution is 2.35. The average molecular weight is 451 g/mol. The minimum atomic E-state index is 0.553. The third kappa shape index (κ3) is 4.68. The van der Waals surface area contributed by atoms with E-state index in [1.165, 1.54) is 42.6 Å². The van der Waals surface area contributed by atoms with E-state index in [9.17, 15) is 0 Å². The molecule has 0 aromatic heterocycles. The zero-order valence-electron chi connectivity index (χ0n) is 17.6. The van der Waals surface area contributed by atoms with Crippen LogP contribution < -0.4 is 5.32 Å². The van der Waals surface area contributed by atoms with Gasteiger partial charge in [-0.05, 0) is 72.7 Å². The molecular weight excluding hydrogens is 423 g/mol. The van der Waals surface area contributed by atoms with E-state index in [4.69, 9.17) is 23.2 Å². The molecule has 0 amide bonds. The van der Waals surface area contributed by atoms with Crippen LogP contribution in [0.4, 0.5) is 0 Å². The highest BCUT2D eigenvalue weighted by molar-refractivity contribution is 6.42. The maximum atomic E-state index is 6.21. The Kier molecular flexibility index (Phi) is 6.34. The van der Waals surface area contributed by atoms with E-state index in [2.05, 4.69) is 64.8 Å². The fourth-order valence-corrected chi connectivity index (χ4v) is 5.59. The van der Waals surface area contributed by atoms with Crippen molar-refractivity contribution in [3.8, 4) is 11.1 Å². The molecule has 0 aliphatic carbocycles. The molecule has 3 heterocycles. The average Bonchev–Trinajstić information content (AvgIpc) is 2.82. The minimum Gasteiger partial charge on any atom is -0.308 e. The summed E-state index contributed by atoms with van der Waals surface area (Å²) in [6, 6.07) is 26.7. The molecule has 3 aromatic rings. The molecule has 0 saturated carbocycles. The van der Waals surface area contributed by atoms with Crippen LogP contribution >= 0.6 is 23.2 Å². The standard InChI is InChI=1S/C27H28Cl2N2/c28-24-11-10-23(17-25(24)29)21-8-6-19(7-9-21)16-26-27(22-12-14-31(26)15-13-22)30-18-20-4-2-1-3-5-20/h1-11,17,22,26-27,30H,12-16,18H2. The van der Waals surface area contributed by atoms with Crippen molar-refractivity contribution in [3.05, 3.63) is 94.0 Å². The number of fused-ring (bicyclic) bond motifs is 3. The number of nitrogens with zero attached hydrogens (tertiary/aromatic N) is 1. The first kappa shape index (κ1) is 21.0. The third-order valence-corrected chi connectivity index (χ3v) is 7.74. The van der Waals surface area contributed by atoms with Gasteiger partial charge in [0.05, 0.1) is 10.0 Å². The molecule has 31 heavy (non-hydrogen) atoms. The van der Waals surface area contributed by atoms with Crippen molar-refractivity contribution in [1.82, 2.24) is 10.2 Å². The predicted octanol–water partition coefficient (Wildman–Crippen LogP) is 6.46. The SMILES string of the molecule is Clc1ccc(-c2ccc(CC3C(NCc4ccccc4)C4CCN3CC4)cc2)cc1Cl. The molecule has 3 aliphatic rings. The van der Waals surface area contributed by atoms with E-state index in [0.29, 0.717) is 22.1 Å². The van der Waals surface area contributed by atoms with E-state index < -0.39 is 0 Å². The van der Waals surface area contributed by atoms with Crippen LogP contribution in [0.15, 0.2) is 72.8 Å². The number of nitrogens with one attached hydrogen (secondary N) is 1. The zero-order valence-corrected chi connectivity index (χ0v) is 19.1. The molecule has 1 N–H and O–H groups in total. The molecule has 2 atom stereocenters. The molecule has 3 saturated heterocycles. The highest BCUT2D eigenvalue weighted by atomic mass is 35.5. The Labute approximate surface area is 195 Å². The largest absolute Gasteiger partial charge is 0.308 e. The predicted molar refractivity (Wildman–Crippen MR) is 131 cm³/mol. The lowest BCUT2D eigenvalue weighted by molar-refractivity contribution is 0.0127. The second kappa shape index (κ2) is 9.34. The van der Waals surface area contributed by atoms with Crippen LogP contribution in [0.3, 0.4) is 0 Å². The number of rotatable bonds is 6. The third-order valence-electron chi connectivity index (χ3n) is 7.00. The summed E-state index contributed by atoms with van der Waals surface area (Å²) in [6.45, 7) is 3.42. The summed E-state index contributed by atoms with van der Waals surface area (Å²) in [4.78, 5) is 2.70. The first-order valence-corrected chi connectivity index (χ1v) is 12.0. The summed E-state index contributed by atoms with van der Waals surface area (Å²) in [5.74, 6) is 0.786. The summed E-state index contributed by atoms with van der Waals surface area (Å²) in [6.07, 6.45) is 3.73. The van der Waals surface area contributed by atoms with E-state index in [0.717, 1.165) is 24.4 Å². The Balaban J connectivity index is 1.30. The Morgan fingerprint density at radius 2 is 1.48 bits per heavy atom. The van der Waals surface area contributed by atoms with Crippen molar-refractivity contribution < 1.29 is 0 Å². The van der Waals surface area contributed by atoms with Gasteiger partial charge in [-0.3, -0.25) is 4.90 Å². The summed E-state index contributed by atoms with van der Waals surface area (Å²) in [5.41, 5.74) is 5.03. The molecular formula is C27H28Cl2N2. The Bertz CT molecular complexity index is 1010. The van der Waals surface area contributed by atoms with E-state index in [1.54, 1.807) is 0 Å². The first-order valence-electron chi connectivity index (χ1n) is 11.2. The van der Waals surface area contributed by atoms with Crippen LogP contribution in [0, 0.1) is 5.92 Å². The van der Waals surface area contributed by atoms with Gasteiger partial charge in [0.15, 0.2) is 0 Å². The molecule has 3 aliphatic heterocycles. The van der Waals surface area contributed by atoms with Gasteiger partial charge in [-0.2, -0.15) is 0 Å². The molecule has 2 nitrogen and oxygen atoms in total. The van der Waals surface area contributed by atoms with Gasteiger partial charge in [0, 0.05) is 18.6 Å². The lowest BCUT2D eigenvalue weighted by atomic mass is 9.76.